The van der Waals surface area contributed by atoms with Gasteiger partial charge in [-0.3, -0.25) is 9.89 Å². The largest absolute Gasteiger partial charge is 0.444 e. The van der Waals surface area contributed by atoms with Crippen molar-refractivity contribution in [2.24, 2.45) is 0 Å². The Kier molecular flexibility index (Phi) is 4.20. The predicted molar refractivity (Wildman–Crippen MR) is 77.9 cm³/mol. The van der Waals surface area contributed by atoms with Crippen LogP contribution in [0, 0.1) is 0 Å². The fraction of sp³-hybridized carbons (Fsp3) is 0.643. The third kappa shape index (κ3) is 3.74. The molecule has 1 aromatic heterocycles. The number of H-pyrrole nitrogens is 1. The molecule has 0 aromatic carbocycles. The van der Waals surface area contributed by atoms with Gasteiger partial charge in [0.15, 0.2) is 5.82 Å². The zero-order chi connectivity index (χ0) is 15.6. The van der Waals surface area contributed by atoms with E-state index >= 15 is 0 Å². The average Bonchev–Trinajstić information content (AvgIpc) is 2.79. The number of ether oxygens (including phenoxy) is 1. The second kappa shape index (κ2) is 5.75. The quantitative estimate of drug-likeness (QED) is 0.874. The minimum absolute atomic E-state index is 0.0705. The Labute approximate surface area is 124 Å². The summed E-state index contributed by atoms with van der Waals surface area (Å²) in [6.45, 7) is 8.28. The summed E-state index contributed by atoms with van der Waals surface area (Å²) in [6.07, 6.45) is 0.720. The Balaban J connectivity index is 2.05. The molecule has 0 fully saturated rings. The second-order valence-corrected chi connectivity index (χ2v) is 6.08. The molecule has 1 aliphatic rings. The molecular weight excluding hydrogens is 272 g/mol. The van der Waals surface area contributed by atoms with Gasteiger partial charge in [-0.2, -0.15) is 5.10 Å². The van der Waals surface area contributed by atoms with Crippen LogP contribution < -0.4 is 5.32 Å². The van der Waals surface area contributed by atoms with E-state index in [9.17, 15) is 9.59 Å². The molecular formula is C14H22N4O3. The summed E-state index contributed by atoms with van der Waals surface area (Å²) in [6, 6.07) is 0. The molecule has 116 valence electrons. The first-order valence-electron chi connectivity index (χ1n) is 7.14. The molecule has 2 N–H and O–H groups in total. The number of hydrogen-bond donors (Lipinski definition) is 2. The number of aromatic amines is 1. The van der Waals surface area contributed by atoms with Gasteiger partial charge >= 0.3 is 6.09 Å². The molecule has 0 bridgehead atoms. The van der Waals surface area contributed by atoms with Crippen LogP contribution in [0.15, 0.2) is 0 Å². The zero-order valence-electron chi connectivity index (χ0n) is 12.9. The molecule has 21 heavy (non-hydrogen) atoms. The number of carbonyl (C=O) groups excluding carboxylic acids is 2. The Morgan fingerprint density at radius 3 is 2.76 bits per heavy atom. The van der Waals surface area contributed by atoms with Crippen LogP contribution in [0.3, 0.4) is 0 Å². The molecule has 0 unspecified atom stereocenters. The Bertz CT molecular complexity index is 545. The van der Waals surface area contributed by atoms with Crippen molar-refractivity contribution in [2.75, 3.05) is 11.9 Å². The number of rotatable bonds is 2. The van der Waals surface area contributed by atoms with Gasteiger partial charge in [-0.15, -0.1) is 0 Å². The molecule has 0 spiro atoms. The monoisotopic (exact) mass is 294 g/mol. The first kappa shape index (κ1) is 15.3. The third-order valence-electron chi connectivity index (χ3n) is 3.16. The van der Waals surface area contributed by atoms with E-state index in [4.69, 9.17) is 4.74 Å². The van der Waals surface area contributed by atoms with Crippen LogP contribution in [0.2, 0.25) is 0 Å². The lowest BCUT2D eigenvalue weighted by atomic mass is 10.1. The predicted octanol–water partition coefficient (Wildman–Crippen LogP) is 2.05. The van der Waals surface area contributed by atoms with Crippen molar-refractivity contribution in [2.45, 2.75) is 52.7 Å². The molecule has 0 saturated carbocycles. The van der Waals surface area contributed by atoms with Gasteiger partial charge < -0.3 is 15.0 Å². The van der Waals surface area contributed by atoms with Crippen LogP contribution in [-0.4, -0.2) is 39.2 Å². The summed E-state index contributed by atoms with van der Waals surface area (Å²) < 4.78 is 5.36. The minimum Gasteiger partial charge on any atom is -0.444 e. The van der Waals surface area contributed by atoms with Gasteiger partial charge in [0.1, 0.15) is 5.60 Å². The summed E-state index contributed by atoms with van der Waals surface area (Å²) in [7, 11) is 0. The number of hydrogen-bond acceptors (Lipinski definition) is 4. The van der Waals surface area contributed by atoms with Crippen LogP contribution in [0.1, 0.15) is 45.4 Å². The first-order valence-corrected chi connectivity index (χ1v) is 7.14. The topological polar surface area (TPSA) is 87.3 Å². The standard InChI is InChI=1S/C14H22N4O3/c1-5-11(19)15-12-9-6-7-18(8-10(9)16-17-12)13(20)21-14(2,3)4/h5-8H2,1-4H3,(H2,15,16,17,19). The lowest BCUT2D eigenvalue weighted by Gasteiger charge is -2.29. The van der Waals surface area contributed by atoms with Crippen molar-refractivity contribution in [1.29, 1.82) is 0 Å². The number of carbonyl (C=O) groups is 2. The molecule has 0 aliphatic carbocycles. The number of nitrogens with one attached hydrogen (secondary N) is 2. The smallest absolute Gasteiger partial charge is 0.410 e. The maximum Gasteiger partial charge on any atom is 0.410 e. The lowest BCUT2D eigenvalue weighted by molar-refractivity contribution is -0.115. The van der Waals surface area contributed by atoms with Crippen molar-refractivity contribution in [1.82, 2.24) is 15.1 Å². The Hall–Kier alpha value is -2.05. The highest BCUT2D eigenvalue weighted by Crippen LogP contribution is 2.24. The molecule has 7 nitrogen and oxygen atoms in total. The van der Waals surface area contributed by atoms with E-state index in [0.717, 1.165) is 11.3 Å². The summed E-state index contributed by atoms with van der Waals surface area (Å²) in [5.74, 6) is 0.500. The minimum atomic E-state index is -0.508. The lowest BCUT2D eigenvalue weighted by Crippen LogP contribution is -2.39. The van der Waals surface area contributed by atoms with E-state index in [-0.39, 0.29) is 12.0 Å². The molecule has 2 amide bonds. The first-order chi connectivity index (χ1) is 9.80. The van der Waals surface area contributed by atoms with Crippen LogP contribution in [0.4, 0.5) is 10.6 Å². The Morgan fingerprint density at radius 1 is 1.43 bits per heavy atom. The van der Waals surface area contributed by atoms with Crippen molar-refractivity contribution < 1.29 is 14.3 Å². The van der Waals surface area contributed by atoms with Gasteiger partial charge in [0.2, 0.25) is 5.91 Å². The number of aromatic nitrogens is 2. The molecule has 2 heterocycles. The summed E-state index contributed by atoms with van der Waals surface area (Å²) in [5, 5.41) is 9.77. The average molecular weight is 294 g/mol. The van der Waals surface area contributed by atoms with E-state index < -0.39 is 5.60 Å². The van der Waals surface area contributed by atoms with Gasteiger partial charge in [0, 0.05) is 18.5 Å². The van der Waals surface area contributed by atoms with Gasteiger partial charge in [-0.25, -0.2) is 4.79 Å². The summed E-state index contributed by atoms with van der Waals surface area (Å²) in [4.78, 5) is 25.1. The fourth-order valence-electron chi connectivity index (χ4n) is 2.12. The molecule has 1 aliphatic heterocycles. The molecule has 0 atom stereocenters. The van der Waals surface area contributed by atoms with E-state index in [2.05, 4.69) is 15.5 Å². The van der Waals surface area contributed by atoms with Crippen molar-refractivity contribution in [3.05, 3.63) is 11.3 Å². The molecule has 1 aromatic rings. The molecule has 0 saturated heterocycles. The van der Waals surface area contributed by atoms with Crippen LogP contribution >= 0.6 is 0 Å². The van der Waals surface area contributed by atoms with Gasteiger partial charge in [-0.05, 0) is 27.2 Å². The number of fused-ring (bicyclic) bond motifs is 1. The van der Waals surface area contributed by atoms with E-state index in [0.29, 0.717) is 31.7 Å². The van der Waals surface area contributed by atoms with E-state index in [1.54, 1.807) is 11.8 Å². The molecule has 2 rings (SSSR count). The highest BCUT2D eigenvalue weighted by molar-refractivity contribution is 5.90. The highest BCUT2D eigenvalue weighted by Gasteiger charge is 2.28. The van der Waals surface area contributed by atoms with Gasteiger partial charge in [-0.1, -0.05) is 6.92 Å². The fourth-order valence-corrected chi connectivity index (χ4v) is 2.12. The van der Waals surface area contributed by atoms with Crippen LogP contribution in [0.5, 0.6) is 0 Å². The summed E-state index contributed by atoms with van der Waals surface area (Å²) in [5.41, 5.74) is 1.31. The molecule has 7 heteroatoms. The highest BCUT2D eigenvalue weighted by atomic mass is 16.6. The zero-order valence-corrected chi connectivity index (χ0v) is 12.9. The van der Waals surface area contributed by atoms with Gasteiger partial charge in [0.05, 0.1) is 12.2 Å². The van der Waals surface area contributed by atoms with E-state index in [1.165, 1.54) is 0 Å². The SMILES string of the molecule is CCC(=O)Nc1n[nH]c2c1CCN(C(=O)OC(C)(C)C)C2. The van der Waals surface area contributed by atoms with Crippen LogP contribution in [0.25, 0.3) is 0 Å². The number of amides is 2. The third-order valence-corrected chi connectivity index (χ3v) is 3.16. The number of nitrogens with zero attached hydrogens (tertiary/aromatic N) is 2. The normalized spacial score (nSPS) is 14.6. The molecule has 0 radical (unpaired) electrons. The maximum absolute atomic E-state index is 12.1. The van der Waals surface area contributed by atoms with Crippen molar-refractivity contribution in [3.63, 3.8) is 0 Å². The maximum atomic E-state index is 12.1. The van der Waals surface area contributed by atoms with E-state index in [1.807, 2.05) is 20.8 Å². The van der Waals surface area contributed by atoms with Crippen molar-refractivity contribution >= 4 is 17.8 Å². The van der Waals surface area contributed by atoms with Crippen molar-refractivity contribution in [3.8, 4) is 0 Å². The van der Waals surface area contributed by atoms with Crippen LogP contribution in [-0.2, 0) is 22.5 Å². The van der Waals surface area contributed by atoms with Gasteiger partial charge in [0.25, 0.3) is 0 Å². The number of anilines is 1. The second-order valence-electron chi connectivity index (χ2n) is 6.08. The summed E-state index contributed by atoms with van der Waals surface area (Å²) >= 11 is 0. The Morgan fingerprint density at radius 2 is 2.14 bits per heavy atom.